The van der Waals surface area contributed by atoms with Gasteiger partial charge < -0.3 is 0 Å². The molecule has 0 saturated heterocycles. The molecule has 50 heavy (non-hydrogen) atoms. The highest BCUT2D eigenvalue weighted by Gasteiger charge is 2.21. The lowest BCUT2D eigenvalue weighted by Crippen LogP contribution is -2.25. The van der Waals surface area contributed by atoms with E-state index in [1.807, 2.05) is 83.4 Å². The van der Waals surface area contributed by atoms with E-state index in [0.29, 0.717) is 5.65 Å². The van der Waals surface area contributed by atoms with Gasteiger partial charge in [-0.3, -0.25) is 9.55 Å². The van der Waals surface area contributed by atoms with E-state index >= 15 is 0 Å². The van der Waals surface area contributed by atoms with Gasteiger partial charge in [0.2, 0.25) is 0 Å². The molecule has 234 valence electrons. The molecule has 0 radical (unpaired) electrons. The number of hydrogen-bond donors (Lipinski definition) is 0. The third-order valence-electron chi connectivity index (χ3n) is 9.59. The number of rotatable bonds is 4. The predicted octanol–water partition coefficient (Wildman–Crippen LogP) is 9.89. The van der Waals surface area contributed by atoms with Gasteiger partial charge in [0.05, 0.1) is 39.3 Å². The van der Waals surface area contributed by atoms with Crippen LogP contribution in [0.4, 0.5) is 0 Å². The lowest BCUT2D eigenvalue weighted by atomic mass is 9.87. The van der Waals surface area contributed by atoms with E-state index in [4.69, 9.17) is 9.97 Å². The fourth-order valence-corrected chi connectivity index (χ4v) is 7.44. The number of hydrogen-bond acceptors (Lipinski definition) is 4. The summed E-state index contributed by atoms with van der Waals surface area (Å²) in [6.45, 7) is 0. The smallest absolute Gasteiger partial charge is 0.262 e. The summed E-state index contributed by atoms with van der Waals surface area (Å²) in [6.07, 6.45) is 1.80. The first kappa shape index (κ1) is 28.1. The fraction of sp³-hybridized carbons (Fsp3) is 0. The van der Waals surface area contributed by atoms with Crippen LogP contribution in [0.2, 0.25) is 0 Å². The Balaban J connectivity index is 1.29. The van der Waals surface area contributed by atoms with Crippen LogP contribution in [-0.2, 0) is 0 Å². The molecule has 0 amide bonds. The molecule has 0 saturated carbocycles. The molecule has 6 heteroatoms. The third kappa shape index (κ3) is 4.22. The van der Waals surface area contributed by atoms with E-state index < -0.39 is 0 Å². The fourth-order valence-electron chi connectivity index (χ4n) is 7.44. The molecule has 0 fully saturated rings. The Bertz CT molecular complexity index is 2940. The van der Waals surface area contributed by atoms with Crippen molar-refractivity contribution in [3.8, 4) is 39.5 Å². The molecule has 4 aromatic heterocycles. The van der Waals surface area contributed by atoms with Crippen molar-refractivity contribution in [1.29, 1.82) is 0 Å². The lowest BCUT2D eigenvalue weighted by Gasteiger charge is -2.18. The second-order valence-corrected chi connectivity index (χ2v) is 12.4. The Morgan fingerprint density at radius 2 is 1.10 bits per heavy atom. The molecule has 0 aliphatic rings. The normalized spacial score (nSPS) is 11.7. The van der Waals surface area contributed by atoms with Gasteiger partial charge in [0.1, 0.15) is 0 Å². The maximum atomic E-state index is 14.5. The number of nitrogens with zero attached hydrogens (tertiary/aromatic N) is 5. The molecule has 0 spiro atoms. The second kappa shape index (κ2) is 11.1. The quantitative estimate of drug-likeness (QED) is 0.180. The number of aromatic nitrogens is 5. The number of fused-ring (bicyclic) bond motifs is 7. The van der Waals surface area contributed by atoms with Crippen molar-refractivity contribution >= 4 is 49.1 Å². The van der Waals surface area contributed by atoms with Crippen LogP contribution in [0.15, 0.2) is 169 Å². The van der Waals surface area contributed by atoms with E-state index in [9.17, 15) is 4.79 Å². The van der Waals surface area contributed by atoms with E-state index in [-0.39, 0.29) is 5.69 Å². The summed E-state index contributed by atoms with van der Waals surface area (Å²) in [4.78, 5) is 29.2. The summed E-state index contributed by atoms with van der Waals surface area (Å²) in [5, 5.41) is 5.30. The van der Waals surface area contributed by atoms with Crippen LogP contribution >= 0.6 is 0 Å². The highest BCUT2D eigenvalue weighted by atomic mass is 16.1. The molecule has 0 atom stereocenters. The largest absolute Gasteiger partial charge is 0.339 e. The predicted molar refractivity (Wildman–Crippen MR) is 203 cm³/mol. The maximum Gasteiger partial charge on any atom is 0.339 e. The van der Waals surface area contributed by atoms with Crippen LogP contribution in [0.5, 0.6) is 0 Å². The third-order valence-corrected chi connectivity index (χ3v) is 9.59. The average Bonchev–Trinajstić information content (AvgIpc) is 3.58. The number of benzene rings is 6. The molecule has 0 aliphatic carbocycles. The Morgan fingerprint density at radius 1 is 0.460 bits per heavy atom. The van der Waals surface area contributed by atoms with Crippen LogP contribution in [0.3, 0.4) is 0 Å². The SMILES string of the molecule is O=c1n(-c2ccccc2)c2cc(-c3c4ccccc4c(-c4cccc(-c5ccccn5)n4)c4ccccc34)ccc2c2nc3ccccc3n12. The molecule has 0 N–H and O–H groups in total. The second-order valence-electron chi connectivity index (χ2n) is 12.4. The monoisotopic (exact) mass is 641 g/mol. The van der Waals surface area contributed by atoms with Gasteiger partial charge >= 0.3 is 5.69 Å². The molecular formula is C44H27N5O. The zero-order valence-electron chi connectivity index (χ0n) is 26.7. The Morgan fingerprint density at radius 3 is 1.84 bits per heavy atom. The van der Waals surface area contributed by atoms with Crippen molar-refractivity contribution in [3.05, 3.63) is 174 Å². The minimum Gasteiger partial charge on any atom is -0.262 e. The number of pyridine rings is 2. The first-order valence-corrected chi connectivity index (χ1v) is 16.6. The molecule has 0 unspecified atom stereocenters. The van der Waals surface area contributed by atoms with Gasteiger partial charge in [-0.15, -0.1) is 0 Å². The van der Waals surface area contributed by atoms with E-state index in [1.54, 1.807) is 10.6 Å². The van der Waals surface area contributed by atoms with Crippen LogP contribution in [0.1, 0.15) is 0 Å². The highest BCUT2D eigenvalue weighted by Crippen LogP contribution is 2.44. The van der Waals surface area contributed by atoms with Gasteiger partial charge in [-0.05, 0) is 93.3 Å². The van der Waals surface area contributed by atoms with Crippen LogP contribution in [0, 0.1) is 0 Å². The molecule has 6 nitrogen and oxygen atoms in total. The summed E-state index contributed by atoms with van der Waals surface area (Å²) in [6, 6.07) is 53.1. The van der Waals surface area contributed by atoms with E-state index in [0.717, 1.165) is 82.9 Å². The molecule has 10 rings (SSSR count). The van der Waals surface area contributed by atoms with Gasteiger partial charge in [0.25, 0.3) is 0 Å². The standard InChI is InChI=1S/C44H27N5O/c50-44-48(29-13-2-1-3-14-29)40-27-28(24-25-34(40)43-47-37-20-8-9-23-39(37)49(43)44)41-30-15-4-6-17-32(30)42(33-18-7-5-16-31(33)41)38-22-12-21-36(46-38)35-19-10-11-26-45-35/h1-27H. The molecule has 4 heterocycles. The first-order chi connectivity index (χ1) is 24.7. The summed E-state index contributed by atoms with van der Waals surface area (Å²) in [7, 11) is 0. The van der Waals surface area contributed by atoms with Gasteiger partial charge in [-0.2, -0.15) is 0 Å². The summed E-state index contributed by atoms with van der Waals surface area (Å²) >= 11 is 0. The highest BCUT2D eigenvalue weighted by molar-refractivity contribution is 6.21. The van der Waals surface area contributed by atoms with Crippen molar-refractivity contribution in [3.63, 3.8) is 0 Å². The van der Waals surface area contributed by atoms with E-state index in [2.05, 4.69) is 83.8 Å². The van der Waals surface area contributed by atoms with Crippen LogP contribution < -0.4 is 5.69 Å². The van der Waals surface area contributed by atoms with Crippen molar-refractivity contribution in [2.45, 2.75) is 0 Å². The molecule has 0 aliphatic heterocycles. The maximum absolute atomic E-state index is 14.5. The minimum absolute atomic E-state index is 0.159. The van der Waals surface area contributed by atoms with Crippen LogP contribution in [0.25, 0.3) is 88.6 Å². The molecular weight excluding hydrogens is 615 g/mol. The zero-order chi connectivity index (χ0) is 33.2. The van der Waals surface area contributed by atoms with Crippen molar-refractivity contribution < 1.29 is 0 Å². The summed E-state index contributed by atoms with van der Waals surface area (Å²) < 4.78 is 3.54. The van der Waals surface area contributed by atoms with Gasteiger partial charge in [0, 0.05) is 17.1 Å². The lowest BCUT2D eigenvalue weighted by molar-refractivity contribution is 0.932. The number of imidazole rings is 1. The summed E-state index contributed by atoms with van der Waals surface area (Å²) in [5.74, 6) is 0. The minimum atomic E-state index is -0.159. The van der Waals surface area contributed by atoms with Gasteiger partial charge in [-0.25, -0.2) is 19.2 Å². The number of para-hydroxylation sites is 3. The summed E-state index contributed by atoms with van der Waals surface area (Å²) in [5.41, 5.74) is 9.38. The van der Waals surface area contributed by atoms with E-state index in [1.165, 1.54) is 0 Å². The van der Waals surface area contributed by atoms with Crippen molar-refractivity contribution in [1.82, 2.24) is 23.9 Å². The van der Waals surface area contributed by atoms with Gasteiger partial charge in [-0.1, -0.05) is 97.1 Å². The van der Waals surface area contributed by atoms with Gasteiger partial charge in [0.15, 0.2) is 5.65 Å². The molecule has 10 aromatic rings. The molecule has 6 aromatic carbocycles. The van der Waals surface area contributed by atoms with Crippen LogP contribution in [-0.4, -0.2) is 23.9 Å². The zero-order valence-corrected chi connectivity index (χ0v) is 26.7. The first-order valence-electron chi connectivity index (χ1n) is 16.6. The molecule has 0 bridgehead atoms. The Hall–Kier alpha value is -6.92. The van der Waals surface area contributed by atoms with Crippen molar-refractivity contribution in [2.75, 3.05) is 0 Å². The topological polar surface area (TPSA) is 65.1 Å². The van der Waals surface area contributed by atoms with Crippen molar-refractivity contribution in [2.24, 2.45) is 0 Å². The Labute approximate surface area is 286 Å². The Kier molecular flexibility index (Phi) is 6.23. The average molecular weight is 642 g/mol.